The van der Waals surface area contributed by atoms with E-state index >= 15 is 0 Å². The molecule has 0 bridgehead atoms. The molecule has 96 valence electrons. The summed E-state index contributed by atoms with van der Waals surface area (Å²) >= 11 is 0. The lowest BCUT2D eigenvalue weighted by atomic mass is 10.2. The SMILES string of the molecule is CNCc1cc(COc2ccc(F)c(C)c2)on1. The lowest BCUT2D eigenvalue weighted by molar-refractivity contribution is 0.248. The number of aromatic nitrogens is 1. The molecule has 0 aliphatic heterocycles. The first-order valence-electron chi connectivity index (χ1n) is 5.67. The third-order valence-corrected chi connectivity index (χ3v) is 2.48. The highest BCUT2D eigenvalue weighted by Crippen LogP contribution is 2.17. The van der Waals surface area contributed by atoms with E-state index in [1.165, 1.54) is 6.07 Å². The quantitative estimate of drug-likeness (QED) is 0.885. The highest BCUT2D eigenvalue weighted by Gasteiger charge is 2.05. The molecule has 0 saturated carbocycles. The summed E-state index contributed by atoms with van der Waals surface area (Å²) in [6.45, 7) is 2.63. The molecule has 18 heavy (non-hydrogen) atoms. The normalized spacial score (nSPS) is 10.6. The van der Waals surface area contributed by atoms with E-state index in [4.69, 9.17) is 9.26 Å². The Balaban J connectivity index is 1.95. The van der Waals surface area contributed by atoms with Crippen LogP contribution in [0.1, 0.15) is 17.0 Å². The van der Waals surface area contributed by atoms with E-state index < -0.39 is 0 Å². The number of nitrogens with one attached hydrogen (secondary N) is 1. The van der Waals surface area contributed by atoms with Gasteiger partial charge in [-0.2, -0.15) is 0 Å². The average molecular weight is 250 g/mol. The largest absolute Gasteiger partial charge is 0.486 e. The molecule has 1 N–H and O–H groups in total. The summed E-state index contributed by atoms with van der Waals surface area (Å²) in [5.41, 5.74) is 1.38. The topological polar surface area (TPSA) is 47.3 Å². The highest BCUT2D eigenvalue weighted by molar-refractivity contribution is 5.28. The van der Waals surface area contributed by atoms with Gasteiger partial charge in [0.25, 0.3) is 0 Å². The number of hydrogen-bond acceptors (Lipinski definition) is 4. The molecule has 1 aromatic heterocycles. The van der Waals surface area contributed by atoms with Crippen LogP contribution in [0.5, 0.6) is 5.75 Å². The van der Waals surface area contributed by atoms with Crippen molar-refractivity contribution in [1.29, 1.82) is 0 Å². The Morgan fingerprint density at radius 2 is 2.22 bits per heavy atom. The molecule has 0 fully saturated rings. The second kappa shape index (κ2) is 5.64. The average Bonchev–Trinajstić information content (AvgIpc) is 2.79. The number of rotatable bonds is 5. The van der Waals surface area contributed by atoms with Crippen LogP contribution in [0.2, 0.25) is 0 Å². The maximum Gasteiger partial charge on any atom is 0.174 e. The molecule has 0 unspecified atom stereocenters. The van der Waals surface area contributed by atoms with E-state index in [0.717, 1.165) is 5.69 Å². The van der Waals surface area contributed by atoms with Gasteiger partial charge in [0, 0.05) is 12.6 Å². The number of hydrogen-bond donors (Lipinski definition) is 1. The molecular formula is C13H15FN2O2. The van der Waals surface area contributed by atoms with Crippen molar-refractivity contribution in [3.8, 4) is 5.75 Å². The predicted molar refractivity (Wildman–Crippen MR) is 64.7 cm³/mol. The monoisotopic (exact) mass is 250 g/mol. The van der Waals surface area contributed by atoms with E-state index in [-0.39, 0.29) is 12.4 Å². The van der Waals surface area contributed by atoms with Crippen molar-refractivity contribution in [2.24, 2.45) is 0 Å². The van der Waals surface area contributed by atoms with Crippen molar-refractivity contribution < 1.29 is 13.7 Å². The number of halogens is 1. The molecule has 1 aromatic carbocycles. The molecule has 4 nitrogen and oxygen atoms in total. The van der Waals surface area contributed by atoms with Gasteiger partial charge >= 0.3 is 0 Å². The molecule has 0 atom stereocenters. The van der Waals surface area contributed by atoms with Gasteiger partial charge in [-0.3, -0.25) is 0 Å². The van der Waals surface area contributed by atoms with Crippen LogP contribution < -0.4 is 10.1 Å². The Hall–Kier alpha value is -1.88. The maximum atomic E-state index is 13.1. The number of aryl methyl sites for hydroxylation is 1. The van der Waals surface area contributed by atoms with Gasteiger partial charge in [-0.05, 0) is 37.7 Å². The van der Waals surface area contributed by atoms with Crippen molar-refractivity contribution in [1.82, 2.24) is 10.5 Å². The van der Waals surface area contributed by atoms with E-state index in [0.29, 0.717) is 23.6 Å². The lowest BCUT2D eigenvalue weighted by Gasteiger charge is -2.04. The molecule has 0 amide bonds. The van der Waals surface area contributed by atoms with E-state index in [1.54, 1.807) is 19.1 Å². The molecule has 2 rings (SSSR count). The second-order valence-electron chi connectivity index (χ2n) is 4.01. The minimum absolute atomic E-state index is 0.238. The highest BCUT2D eigenvalue weighted by atomic mass is 19.1. The fourth-order valence-electron chi connectivity index (χ4n) is 1.55. The Kier molecular flexibility index (Phi) is 3.94. The van der Waals surface area contributed by atoms with Gasteiger partial charge in [-0.1, -0.05) is 5.16 Å². The van der Waals surface area contributed by atoms with Crippen molar-refractivity contribution in [2.45, 2.75) is 20.1 Å². The Morgan fingerprint density at radius 3 is 2.94 bits per heavy atom. The molecule has 0 spiro atoms. The smallest absolute Gasteiger partial charge is 0.174 e. The number of nitrogens with zero attached hydrogens (tertiary/aromatic N) is 1. The van der Waals surface area contributed by atoms with Crippen LogP contribution in [-0.4, -0.2) is 12.2 Å². The molecule has 0 saturated heterocycles. The van der Waals surface area contributed by atoms with Gasteiger partial charge in [0.15, 0.2) is 5.76 Å². The first kappa shape index (κ1) is 12.6. The zero-order valence-corrected chi connectivity index (χ0v) is 10.4. The molecule has 2 aromatic rings. The van der Waals surface area contributed by atoms with Gasteiger partial charge in [-0.15, -0.1) is 0 Å². The van der Waals surface area contributed by atoms with Crippen LogP contribution in [0.15, 0.2) is 28.8 Å². The minimum atomic E-state index is -0.238. The summed E-state index contributed by atoms with van der Waals surface area (Å²) < 4.78 is 23.7. The van der Waals surface area contributed by atoms with Gasteiger partial charge in [0.05, 0.1) is 5.69 Å². The second-order valence-corrected chi connectivity index (χ2v) is 4.01. The van der Waals surface area contributed by atoms with Crippen molar-refractivity contribution in [2.75, 3.05) is 7.05 Å². The van der Waals surface area contributed by atoms with E-state index in [1.807, 2.05) is 13.1 Å². The molecule has 5 heteroatoms. The molecule has 0 radical (unpaired) electrons. The zero-order valence-electron chi connectivity index (χ0n) is 10.4. The Labute approximate surface area is 105 Å². The van der Waals surface area contributed by atoms with E-state index in [2.05, 4.69) is 10.5 Å². The Morgan fingerprint density at radius 1 is 1.39 bits per heavy atom. The van der Waals surface area contributed by atoms with E-state index in [9.17, 15) is 4.39 Å². The molecule has 1 heterocycles. The maximum absolute atomic E-state index is 13.1. The number of benzene rings is 1. The van der Waals surface area contributed by atoms with Crippen LogP contribution in [0.3, 0.4) is 0 Å². The summed E-state index contributed by atoms with van der Waals surface area (Å²) in [7, 11) is 1.84. The standard InChI is InChI=1S/C13H15FN2O2/c1-9-5-11(3-4-13(9)14)17-8-12-6-10(7-15-2)16-18-12/h3-6,15H,7-8H2,1-2H3. The zero-order chi connectivity index (χ0) is 13.0. The fourth-order valence-corrected chi connectivity index (χ4v) is 1.55. The fraction of sp³-hybridized carbons (Fsp3) is 0.308. The first-order valence-corrected chi connectivity index (χ1v) is 5.67. The van der Waals surface area contributed by atoms with Crippen molar-refractivity contribution in [3.05, 3.63) is 47.1 Å². The van der Waals surface area contributed by atoms with Gasteiger partial charge in [0.2, 0.25) is 0 Å². The van der Waals surface area contributed by atoms with Crippen molar-refractivity contribution >= 4 is 0 Å². The third-order valence-electron chi connectivity index (χ3n) is 2.48. The van der Waals surface area contributed by atoms with Gasteiger partial charge < -0.3 is 14.6 Å². The Bertz CT molecular complexity index is 525. The summed E-state index contributed by atoms with van der Waals surface area (Å²) in [6, 6.07) is 6.46. The van der Waals surface area contributed by atoms with Crippen LogP contribution in [0.25, 0.3) is 0 Å². The van der Waals surface area contributed by atoms with Crippen molar-refractivity contribution in [3.63, 3.8) is 0 Å². The minimum Gasteiger partial charge on any atom is -0.486 e. The molecular weight excluding hydrogens is 235 g/mol. The van der Waals surface area contributed by atoms with Crippen LogP contribution in [-0.2, 0) is 13.2 Å². The summed E-state index contributed by atoms with van der Waals surface area (Å²) in [6.07, 6.45) is 0. The lowest BCUT2D eigenvalue weighted by Crippen LogP contribution is -2.04. The summed E-state index contributed by atoms with van der Waals surface area (Å²) in [4.78, 5) is 0. The van der Waals surface area contributed by atoms with Gasteiger partial charge in [0.1, 0.15) is 18.2 Å². The summed E-state index contributed by atoms with van der Waals surface area (Å²) in [5.74, 6) is 1.01. The molecule has 0 aliphatic carbocycles. The third kappa shape index (κ3) is 3.07. The van der Waals surface area contributed by atoms with Gasteiger partial charge in [-0.25, -0.2) is 4.39 Å². The van der Waals surface area contributed by atoms with Crippen LogP contribution in [0.4, 0.5) is 4.39 Å². The van der Waals surface area contributed by atoms with Crippen LogP contribution >= 0.6 is 0 Å². The van der Waals surface area contributed by atoms with Crippen LogP contribution in [0, 0.1) is 12.7 Å². The summed E-state index contributed by atoms with van der Waals surface area (Å²) in [5, 5.41) is 6.85. The predicted octanol–water partition coefficient (Wildman–Crippen LogP) is 2.42. The first-order chi connectivity index (χ1) is 8.69. The number of ether oxygens (including phenoxy) is 1. The molecule has 0 aliphatic rings.